The fraction of sp³-hybridized carbons (Fsp3) is 0.525. The van der Waals surface area contributed by atoms with Gasteiger partial charge in [0.05, 0.1) is 40.0 Å². The Labute approximate surface area is 315 Å². The van der Waals surface area contributed by atoms with Gasteiger partial charge in [0.1, 0.15) is 17.2 Å². The van der Waals surface area contributed by atoms with Crippen molar-refractivity contribution in [3.05, 3.63) is 59.2 Å². The SMILES string of the molecule is Cc1c(C(=O)NC2(C(F)F)CC2)cc(Nc2nc(-c3cnc4c(c3)N([C@H]3C[C@@](C)(N5CCC[C@@H](F)C5)C3)C(=O)C4(C)C)cc3ncn(C(C)C)c23)c(F)c1F. The largest absolute Gasteiger partial charge is 0.341 e. The van der Waals surface area contributed by atoms with Gasteiger partial charge < -0.3 is 20.1 Å². The number of carbonyl (C=O) groups excluding carboxylic acids is 2. The van der Waals surface area contributed by atoms with Crippen molar-refractivity contribution in [2.24, 2.45) is 0 Å². The first-order chi connectivity index (χ1) is 25.9. The number of pyridine rings is 2. The van der Waals surface area contributed by atoms with E-state index in [1.165, 1.54) is 6.92 Å². The third-order valence-electron chi connectivity index (χ3n) is 12.2. The van der Waals surface area contributed by atoms with Crippen LogP contribution >= 0.6 is 0 Å². The van der Waals surface area contributed by atoms with Crippen molar-refractivity contribution in [3.8, 4) is 11.3 Å². The average Bonchev–Trinajstić information content (AvgIpc) is 3.73. The van der Waals surface area contributed by atoms with Crippen LogP contribution in [-0.2, 0) is 10.2 Å². The zero-order chi connectivity index (χ0) is 39.4. The first-order valence-electron chi connectivity index (χ1n) is 18.9. The molecule has 292 valence electrons. The highest BCUT2D eigenvalue weighted by molar-refractivity contribution is 6.08. The lowest BCUT2D eigenvalue weighted by Crippen LogP contribution is -2.64. The van der Waals surface area contributed by atoms with Gasteiger partial charge in [-0.15, -0.1) is 0 Å². The summed E-state index contributed by atoms with van der Waals surface area (Å²) < 4.78 is 74.6. The van der Waals surface area contributed by atoms with Crippen LogP contribution in [-0.4, -0.2) is 79.0 Å². The molecule has 2 N–H and O–H groups in total. The van der Waals surface area contributed by atoms with Gasteiger partial charge in [0.15, 0.2) is 17.5 Å². The minimum Gasteiger partial charge on any atom is -0.341 e. The molecule has 4 aromatic rings. The lowest BCUT2D eigenvalue weighted by atomic mass is 9.71. The van der Waals surface area contributed by atoms with Crippen LogP contribution in [0.1, 0.15) is 101 Å². The van der Waals surface area contributed by atoms with Crippen LogP contribution in [0.3, 0.4) is 0 Å². The molecule has 0 radical (unpaired) electrons. The Morgan fingerprint density at radius 3 is 2.42 bits per heavy atom. The zero-order valence-electron chi connectivity index (χ0n) is 31.7. The Morgan fingerprint density at radius 1 is 1.04 bits per heavy atom. The summed E-state index contributed by atoms with van der Waals surface area (Å²) >= 11 is 0. The van der Waals surface area contributed by atoms with E-state index in [0.717, 1.165) is 19.0 Å². The van der Waals surface area contributed by atoms with Crippen LogP contribution < -0.4 is 15.5 Å². The minimum atomic E-state index is -2.81. The van der Waals surface area contributed by atoms with Gasteiger partial charge in [0.2, 0.25) is 5.91 Å². The normalized spacial score (nSPS) is 24.4. The predicted molar refractivity (Wildman–Crippen MR) is 199 cm³/mol. The lowest BCUT2D eigenvalue weighted by molar-refractivity contribution is -0.124. The summed E-state index contributed by atoms with van der Waals surface area (Å²) in [7, 11) is 0. The molecule has 2 saturated carbocycles. The number of anilines is 3. The molecule has 2 aliphatic heterocycles. The second-order valence-electron chi connectivity index (χ2n) is 16.9. The van der Waals surface area contributed by atoms with Crippen LogP contribution in [0.5, 0.6) is 0 Å². The number of benzene rings is 1. The molecule has 1 aromatic carbocycles. The molecule has 10 nitrogen and oxygen atoms in total. The fourth-order valence-electron chi connectivity index (χ4n) is 8.63. The second-order valence-corrected chi connectivity index (χ2v) is 16.9. The molecule has 5 heterocycles. The number of amides is 2. The summed E-state index contributed by atoms with van der Waals surface area (Å²) in [4.78, 5) is 45.5. The van der Waals surface area contributed by atoms with E-state index in [9.17, 15) is 22.8 Å². The molecule has 1 saturated heterocycles. The third-order valence-corrected chi connectivity index (χ3v) is 12.2. The van der Waals surface area contributed by atoms with Gasteiger partial charge in [-0.05, 0) is 105 Å². The molecule has 4 aliphatic rings. The molecule has 55 heavy (non-hydrogen) atoms. The number of piperidine rings is 1. The maximum absolute atomic E-state index is 15.7. The fourth-order valence-corrected chi connectivity index (χ4v) is 8.63. The topological polar surface area (TPSA) is 108 Å². The van der Waals surface area contributed by atoms with E-state index in [2.05, 4.69) is 27.4 Å². The van der Waals surface area contributed by atoms with Crippen molar-refractivity contribution >= 4 is 40.0 Å². The quantitative estimate of drug-likeness (QED) is 0.167. The molecule has 1 atom stereocenters. The van der Waals surface area contributed by atoms with Crippen molar-refractivity contribution in [3.63, 3.8) is 0 Å². The van der Waals surface area contributed by atoms with Crippen molar-refractivity contribution in [2.45, 2.75) is 121 Å². The molecule has 2 aliphatic carbocycles. The Balaban J connectivity index is 1.16. The van der Waals surface area contributed by atoms with Gasteiger partial charge >= 0.3 is 0 Å². The smallest absolute Gasteiger partial charge is 0.261 e. The van der Waals surface area contributed by atoms with Gasteiger partial charge in [-0.25, -0.2) is 31.9 Å². The molecule has 0 spiro atoms. The number of aromatic nitrogens is 4. The molecule has 3 fully saturated rings. The van der Waals surface area contributed by atoms with Gasteiger partial charge in [-0.2, -0.15) is 0 Å². The Bertz CT molecular complexity index is 2230. The number of hydrogen-bond donors (Lipinski definition) is 2. The van der Waals surface area contributed by atoms with E-state index in [0.29, 0.717) is 59.5 Å². The molecule has 15 heteroatoms. The molecule has 0 unspecified atom stereocenters. The maximum Gasteiger partial charge on any atom is 0.261 e. The molecule has 8 rings (SSSR count). The second kappa shape index (κ2) is 13.0. The number of alkyl halides is 3. The number of likely N-dealkylation sites (tertiary alicyclic amines) is 1. The van der Waals surface area contributed by atoms with E-state index in [1.807, 2.05) is 43.2 Å². The van der Waals surface area contributed by atoms with E-state index in [4.69, 9.17) is 9.97 Å². The van der Waals surface area contributed by atoms with Gasteiger partial charge in [0.25, 0.3) is 12.3 Å². The number of nitrogens with zero attached hydrogens (tertiary/aromatic N) is 6. The summed E-state index contributed by atoms with van der Waals surface area (Å²) in [6.07, 6.45) is 2.51. The molecular formula is C40H45F5N8O2. The van der Waals surface area contributed by atoms with Crippen LogP contribution in [0.4, 0.5) is 39.1 Å². The summed E-state index contributed by atoms with van der Waals surface area (Å²) in [6, 6.07) is 4.51. The van der Waals surface area contributed by atoms with E-state index < -0.39 is 46.8 Å². The Kier molecular flexibility index (Phi) is 8.78. The van der Waals surface area contributed by atoms with Crippen LogP contribution in [0.2, 0.25) is 0 Å². The third kappa shape index (κ3) is 6.04. The van der Waals surface area contributed by atoms with Crippen molar-refractivity contribution in [1.29, 1.82) is 0 Å². The number of carbonyl (C=O) groups is 2. The monoisotopic (exact) mass is 764 g/mol. The average molecular weight is 765 g/mol. The highest BCUT2D eigenvalue weighted by Gasteiger charge is 2.55. The number of nitrogens with one attached hydrogen (secondary N) is 2. The molecule has 2 amide bonds. The standard InChI is InChI=1S/C40H45F5N8O2/c1-20(2)52-19-47-28-14-26(48-34(32(28)52)49-27-13-25(21(3)30(42)31(27)43)35(54)50-40(9-10-40)36(44)45)22-12-29-33(46-17-22)38(4,5)37(55)53(29)24-15-39(6,16-24)51-11-7-8-23(41)18-51/h12-14,17,19-20,23-24,36H,7-11,15-16,18H2,1-6H3,(H,48,49)(H,50,54)/t23-,24-,39+/m1/s1. The lowest BCUT2D eigenvalue weighted by Gasteiger charge is -2.56. The summed E-state index contributed by atoms with van der Waals surface area (Å²) in [5, 5.41) is 5.23. The van der Waals surface area contributed by atoms with Crippen LogP contribution in [0.25, 0.3) is 22.3 Å². The number of hydrogen-bond acceptors (Lipinski definition) is 7. The van der Waals surface area contributed by atoms with Crippen molar-refractivity contribution in [1.82, 2.24) is 29.7 Å². The highest BCUT2D eigenvalue weighted by Crippen LogP contribution is 2.50. The Hall–Kier alpha value is -4.66. The maximum atomic E-state index is 15.7. The van der Waals surface area contributed by atoms with E-state index in [-0.39, 0.29) is 53.3 Å². The molecule has 0 bridgehead atoms. The molecule has 3 aromatic heterocycles. The van der Waals surface area contributed by atoms with E-state index in [1.54, 1.807) is 18.6 Å². The van der Waals surface area contributed by atoms with Crippen molar-refractivity contribution < 1.29 is 31.5 Å². The van der Waals surface area contributed by atoms with Crippen LogP contribution in [0.15, 0.2) is 30.7 Å². The zero-order valence-corrected chi connectivity index (χ0v) is 31.7. The van der Waals surface area contributed by atoms with Crippen LogP contribution in [0, 0.1) is 18.6 Å². The first-order valence-corrected chi connectivity index (χ1v) is 18.9. The number of halogens is 5. The molecular weight excluding hydrogens is 719 g/mol. The van der Waals surface area contributed by atoms with E-state index >= 15 is 8.78 Å². The van der Waals surface area contributed by atoms with Gasteiger partial charge in [-0.1, -0.05) is 0 Å². The number of rotatable bonds is 9. The number of fused-ring (bicyclic) bond motifs is 2. The summed E-state index contributed by atoms with van der Waals surface area (Å²) in [5.41, 5.74) is -0.621. The first kappa shape index (κ1) is 37.3. The minimum absolute atomic E-state index is 0.0690. The Morgan fingerprint density at radius 2 is 1.76 bits per heavy atom. The van der Waals surface area contributed by atoms with Gasteiger partial charge in [0, 0.05) is 47.1 Å². The summed E-state index contributed by atoms with van der Waals surface area (Å²) in [5.74, 6) is -3.46. The number of imidazole rings is 1. The summed E-state index contributed by atoms with van der Waals surface area (Å²) in [6.45, 7) is 12.1. The predicted octanol–water partition coefficient (Wildman–Crippen LogP) is 7.91. The van der Waals surface area contributed by atoms with Gasteiger partial charge in [-0.3, -0.25) is 19.5 Å². The highest BCUT2D eigenvalue weighted by atomic mass is 19.3. The van der Waals surface area contributed by atoms with Crippen molar-refractivity contribution in [2.75, 3.05) is 23.3 Å².